The summed E-state index contributed by atoms with van der Waals surface area (Å²) in [4.78, 5) is 13.8. The van der Waals surface area contributed by atoms with Gasteiger partial charge in [0.05, 0.1) is 0 Å². The molecule has 1 atom stereocenters. The van der Waals surface area contributed by atoms with Crippen molar-refractivity contribution in [2.75, 3.05) is 13.1 Å². The molecule has 0 aromatic heterocycles. The van der Waals surface area contributed by atoms with E-state index in [2.05, 4.69) is 35.2 Å². The maximum absolute atomic E-state index is 11.3. The predicted molar refractivity (Wildman–Crippen MR) is 74.7 cm³/mol. The fraction of sp³-hybridized carbons (Fsp3) is 0.562. The Morgan fingerprint density at radius 3 is 2.78 bits per heavy atom. The van der Waals surface area contributed by atoms with Crippen molar-refractivity contribution < 1.29 is 4.79 Å². The normalized spacial score (nSPS) is 20.8. The van der Waals surface area contributed by atoms with Gasteiger partial charge < -0.3 is 0 Å². The van der Waals surface area contributed by atoms with Crippen LogP contribution in [-0.2, 0) is 11.2 Å². The Labute approximate surface area is 110 Å². The fourth-order valence-corrected chi connectivity index (χ4v) is 2.83. The second-order valence-electron chi connectivity index (χ2n) is 5.33. The summed E-state index contributed by atoms with van der Waals surface area (Å²) in [5.41, 5.74) is 1.39. The Morgan fingerprint density at radius 2 is 2.06 bits per heavy atom. The Bertz CT molecular complexity index is 374. The quantitative estimate of drug-likeness (QED) is 0.794. The van der Waals surface area contributed by atoms with E-state index in [-0.39, 0.29) is 0 Å². The minimum atomic E-state index is 0.326. The van der Waals surface area contributed by atoms with E-state index >= 15 is 0 Å². The van der Waals surface area contributed by atoms with Crippen molar-refractivity contribution in [2.45, 2.75) is 45.1 Å². The van der Waals surface area contributed by atoms with Crippen LogP contribution in [0.15, 0.2) is 30.3 Å². The van der Waals surface area contributed by atoms with Crippen molar-refractivity contribution >= 4 is 5.78 Å². The van der Waals surface area contributed by atoms with Crippen LogP contribution in [0.25, 0.3) is 0 Å². The van der Waals surface area contributed by atoms with Gasteiger partial charge in [-0.25, -0.2) is 0 Å². The summed E-state index contributed by atoms with van der Waals surface area (Å²) in [5.74, 6) is 0.326. The van der Waals surface area contributed by atoms with Crippen molar-refractivity contribution in [3.05, 3.63) is 35.9 Å². The average Bonchev–Trinajstić information content (AvgIpc) is 2.38. The number of carbonyl (C=O) groups excluding carboxylic acids is 1. The molecule has 1 aromatic rings. The summed E-state index contributed by atoms with van der Waals surface area (Å²) in [6.07, 6.45) is 5.57. The maximum Gasteiger partial charge on any atom is 0.131 e. The summed E-state index contributed by atoms with van der Waals surface area (Å²) < 4.78 is 0. The molecule has 1 aliphatic heterocycles. The van der Waals surface area contributed by atoms with Crippen LogP contribution in [0.5, 0.6) is 0 Å². The largest absolute Gasteiger partial charge is 0.300 e. The molecule has 0 aliphatic carbocycles. The van der Waals surface area contributed by atoms with Gasteiger partial charge in [0.2, 0.25) is 0 Å². The third-order valence-electron chi connectivity index (χ3n) is 3.80. The zero-order chi connectivity index (χ0) is 12.8. The molecular formula is C16H23NO. The van der Waals surface area contributed by atoms with Crippen molar-refractivity contribution in [1.82, 2.24) is 4.90 Å². The molecule has 1 fully saturated rings. The number of nitrogens with zero attached hydrogens (tertiary/aromatic N) is 1. The van der Waals surface area contributed by atoms with Crippen LogP contribution in [0.1, 0.15) is 38.2 Å². The van der Waals surface area contributed by atoms with Crippen LogP contribution in [0.2, 0.25) is 0 Å². The molecule has 0 saturated carbocycles. The van der Waals surface area contributed by atoms with E-state index in [0.717, 1.165) is 25.9 Å². The lowest BCUT2D eigenvalue weighted by Crippen LogP contribution is -2.41. The van der Waals surface area contributed by atoms with Crippen LogP contribution in [0, 0.1) is 0 Å². The highest BCUT2D eigenvalue weighted by atomic mass is 16.1. The van der Waals surface area contributed by atoms with Gasteiger partial charge in [-0.05, 0) is 38.3 Å². The number of rotatable bonds is 5. The summed E-state index contributed by atoms with van der Waals surface area (Å²) in [6, 6.07) is 11.1. The smallest absolute Gasteiger partial charge is 0.131 e. The van der Waals surface area contributed by atoms with Crippen molar-refractivity contribution in [2.24, 2.45) is 0 Å². The SMILES string of the molecule is CC(=O)CC1CCCCN1CCc1ccccc1. The average molecular weight is 245 g/mol. The number of hydrogen-bond acceptors (Lipinski definition) is 2. The number of carbonyl (C=O) groups is 1. The number of ketones is 1. The van der Waals surface area contributed by atoms with E-state index in [1.807, 2.05) is 0 Å². The molecular weight excluding hydrogens is 222 g/mol. The minimum Gasteiger partial charge on any atom is -0.300 e. The van der Waals surface area contributed by atoms with E-state index in [4.69, 9.17) is 0 Å². The predicted octanol–water partition coefficient (Wildman–Crippen LogP) is 3.06. The first-order valence-electron chi connectivity index (χ1n) is 7.03. The molecule has 18 heavy (non-hydrogen) atoms. The first-order valence-corrected chi connectivity index (χ1v) is 7.03. The molecule has 0 amide bonds. The summed E-state index contributed by atoms with van der Waals surface area (Å²) in [6.45, 7) is 3.96. The number of Topliss-reactive ketones (excluding diaryl/α,β-unsaturated/α-hetero) is 1. The van der Waals surface area contributed by atoms with Crippen LogP contribution in [0.3, 0.4) is 0 Å². The van der Waals surface area contributed by atoms with Gasteiger partial charge in [0, 0.05) is 19.0 Å². The number of hydrogen-bond donors (Lipinski definition) is 0. The monoisotopic (exact) mass is 245 g/mol. The molecule has 0 radical (unpaired) electrons. The Balaban J connectivity index is 1.87. The van der Waals surface area contributed by atoms with E-state index < -0.39 is 0 Å². The highest BCUT2D eigenvalue weighted by Gasteiger charge is 2.22. The topological polar surface area (TPSA) is 20.3 Å². The van der Waals surface area contributed by atoms with Crippen molar-refractivity contribution in [1.29, 1.82) is 0 Å². The molecule has 2 nitrogen and oxygen atoms in total. The van der Waals surface area contributed by atoms with Gasteiger partial charge >= 0.3 is 0 Å². The van der Waals surface area contributed by atoms with Gasteiger partial charge in [-0.3, -0.25) is 9.69 Å². The van der Waals surface area contributed by atoms with Gasteiger partial charge in [-0.1, -0.05) is 36.8 Å². The van der Waals surface area contributed by atoms with Crippen LogP contribution in [-0.4, -0.2) is 29.8 Å². The molecule has 1 aromatic carbocycles. The second-order valence-corrected chi connectivity index (χ2v) is 5.33. The van der Waals surface area contributed by atoms with Crippen LogP contribution in [0.4, 0.5) is 0 Å². The molecule has 98 valence electrons. The first kappa shape index (κ1) is 13.3. The lowest BCUT2D eigenvalue weighted by atomic mass is 9.97. The fourth-order valence-electron chi connectivity index (χ4n) is 2.83. The molecule has 1 aliphatic rings. The second kappa shape index (κ2) is 6.69. The number of piperidine rings is 1. The first-order chi connectivity index (χ1) is 8.75. The van der Waals surface area contributed by atoms with E-state index in [1.165, 1.54) is 24.8 Å². The van der Waals surface area contributed by atoms with Gasteiger partial charge in [0.25, 0.3) is 0 Å². The number of benzene rings is 1. The standard InChI is InChI=1S/C16H23NO/c1-14(18)13-16-9-5-6-11-17(16)12-10-15-7-3-2-4-8-15/h2-4,7-8,16H,5-6,9-13H2,1H3. The summed E-state index contributed by atoms with van der Waals surface area (Å²) in [5, 5.41) is 0. The molecule has 1 saturated heterocycles. The van der Waals surface area contributed by atoms with Crippen molar-refractivity contribution in [3.63, 3.8) is 0 Å². The van der Waals surface area contributed by atoms with Crippen molar-refractivity contribution in [3.8, 4) is 0 Å². The highest BCUT2D eigenvalue weighted by Crippen LogP contribution is 2.20. The van der Waals surface area contributed by atoms with Gasteiger partial charge in [-0.15, -0.1) is 0 Å². The lowest BCUT2D eigenvalue weighted by molar-refractivity contribution is -0.118. The molecule has 1 unspecified atom stereocenters. The Morgan fingerprint density at radius 1 is 1.28 bits per heavy atom. The molecule has 2 heteroatoms. The van der Waals surface area contributed by atoms with Crippen LogP contribution < -0.4 is 0 Å². The zero-order valence-electron chi connectivity index (χ0n) is 11.3. The molecule has 0 N–H and O–H groups in total. The van der Waals surface area contributed by atoms with E-state index in [0.29, 0.717) is 11.8 Å². The molecule has 2 rings (SSSR count). The highest BCUT2D eigenvalue weighted by molar-refractivity contribution is 5.76. The van der Waals surface area contributed by atoms with E-state index in [1.54, 1.807) is 6.92 Å². The molecule has 0 bridgehead atoms. The lowest BCUT2D eigenvalue weighted by Gasteiger charge is -2.35. The third-order valence-corrected chi connectivity index (χ3v) is 3.80. The third kappa shape index (κ3) is 3.95. The maximum atomic E-state index is 11.3. The van der Waals surface area contributed by atoms with Gasteiger partial charge in [0.1, 0.15) is 5.78 Å². The van der Waals surface area contributed by atoms with Gasteiger partial charge in [-0.2, -0.15) is 0 Å². The summed E-state index contributed by atoms with van der Waals surface area (Å²) >= 11 is 0. The van der Waals surface area contributed by atoms with Gasteiger partial charge in [0.15, 0.2) is 0 Å². The summed E-state index contributed by atoms with van der Waals surface area (Å²) in [7, 11) is 0. The Kier molecular flexibility index (Phi) is 4.94. The Hall–Kier alpha value is -1.15. The number of likely N-dealkylation sites (tertiary alicyclic amines) is 1. The molecule has 0 spiro atoms. The van der Waals surface area contributed by atoms with Crippen LogP contribution >= 0.6 is 0 Å². The molecule has 1 heterocycles. The zero-order valence-corrected chi connectivity index (χ0v) is 11.3. The minimum absolute atomic E-state index is 0.326. The van der Waals surface area contributed by atoms with E-state index in [9.17, 15) is 4.79 Å².